The Morgan fingerprint density at radius 3 is 2.75 bits per heavy atom. The summed E-state index contributed by atoms with van der Waals surface area (Å²) >= 11 is 0. The molecule has 0 amide bonds. The summed E-state index contributed by atoms with van der Waals surface area (Å²) in [5.41, 5.74) is 7.08. The van der Waals surface area contributed by atoms with Crippen LogP contribution in [0.25, 0.3) is 0 Å². The number of nitrogens with zero attached hydrogens (tertiary/aromatic N) is 3. The lowest BCUT2D eigenvalue weighted by atomic mass is 10.2. The second-order valence-corrected chi connectivity index (χ2v) is 6.08. The molecule has 1 atom stereocenters. The van der Waals surface area contributed by atoms with Crippen molar-refractivity contribution in [3.63, 3.8) is 0 Å². The first-order valence-corrected chi connectivity index (χ1v) is 8.09. The summed E-state index contributed by atoms with van der Waals surface area (Å²) in [6.07, 6.45) is 7.17. The lowest BCUT2D eigenvalue weighted by Crippen LogP contribution is -2.08. The van der Waals surface area contributed by atoms with Crippen LogP contribution in [0.15, 0.2) is 35.6 Å². The average molecular weight is 292 g/mol. The SMILES string of the molecule is CCC(CC)n1ccc(CS(=O)c2ccncc2N)n1. The minimum atomic E-state index is -1.19. The second kappa shape index (κ2) is 6.65. The van der Waals surface area contributed by atoms with E-state index in [1.54, 1.807) is 12.3 Å². The van der Waals surface area contributed by atoms with Gasteiger partial charge in [0.2, 0.25) is 0 Å². The number of hydrogen-bond acceptors (Lipinski definition) is 4. The molecular formula is C14H20N4OS. The summed E-state index contributed by atoms with van der Waals surface area (Å²) < 4.78 is 14.3. The third-order valence-corrected chi connectivity index (χ3v) is 4.73. The molecule has 0 radical (unpaired) electrons. The highest BCUT2D eigenvalue weighted by Crippen LogP contribution is 2.19. The summed E-state index contributed by atoms with van der Waals surface area (Å²) in [4.78, 5) is 4.53. The van der Waals surface area contributed by atoms with Gasteiger partial charge in [-0.15, -0.1) is 0 Å². The van der Waals surface area contributed by atoms with E-state index in [0.29, 0.717) is 22.4 Å². The molecule has 0 fully saturated rings. The summed E-state index contributed by atoms with van der Waals surface area (Å²) in [6, 6.07) is 4.03. The Balaban J connectivity index is 2.11. The summed E-state index contributed by atoms with van der Waals surface area (Å²) in [6.45, 7) is 4.29. The van der Waals surface area contributed by atoms with Gasteiger partial charge in [-0.25, -0.2) is 0 Å². The number of rotatable bonds is 6. The molecule has 6 heteroatoms. The minimum Gasteiger partial charge on any atom is -0.396 e. The molecule has 2 rings (SSSR count). The van der Waals surface area contributed by atoms with Crippen LogP contribution in [0.4, 0.5) is 5.69 Å². The van der Waals surface area contributed by atoms with Gasteiger partial charge >= 0.3 is 0 Å². The Bertz CT molecular complexity index is 592. The molecule has 0 aliphatic carbocycles. The smallest absolute Gasteiger partial charge is 0.0753 e. The van der Waals surface area contributed by atoms with Crippen LogP contribution < -0.4 is 5.73 Å². The van der Waals surface area contributed by atoms with Crippen molar-refractivity contribution in [1.29, 1.82) is 0 Å². The quantitative estimate of drug-likeness (QED) is 0.888. The van der Waals surface area contributed by atoms with Crippen molar-refractivity contribution in [2.45, 2.75) is 43.4 Å². The van der Waals surface area contributed by atoms with Gasteiger partial charge < -0.3 is 5.73 Å². The van der Waals surface area contributed by atoms with Crippen LogP contribution in [0.5, 0.6) is 0 Å². The predicted octanol–water partition coefficient (Wildman–Crippen LogP) is 2.53. The van der Waals surface area contributed by atoms with Gasteiger partial charge in [-0.1, -0.05) is 13.8 Å². The Kier molecular flexibility index (Phi) is 4.89. The first-order valence-electron chi connectivity index (χ1n) is 6.77. The van der Waals surface area contributed by atoms with Crippen LogP contribution in [-0.2, 0) is 16.6 Å². The molecule has 5 nitrogen and oxygen atoms in total. The number of hydrogen-bond donors (Lipinski definition) is 1. The zero-order valence-corrected chi connectivity index (χ0v) is 12.6. The number of nitrogens with two attached hydrogens (primary N) is 1. The zero-order chi connectivity index (χ0) is 14.5. The maximum Gasteiger partial charge on any atom is 0.0753 e. The fraction of sp³-hybridized carbons (Fsp3) is 0.429. The van der Waals surface area contributed by atoms with E-state index < -0.39 is 10.8 Å². The summed E-state index contributed by atoms with van der Waals surface area (Å²) in [5, 5.41) is 4.51. The van der Waals surface area contributed by atoms with Gasteiger partial charge in [0.25, 0.3) is 0 Å². The van der Waals surface area contributed by atoms with E-state index in [1.807, 2.05) is 16.9 Å². The molecule has 2 aromatic heterocycles. The fourth-order valence-electron chi connectivity index (χ4n) is 2.13. The van der Waals surface area contributed by atoms with E-state index in [0.717, 1.165) is 18.5 Å². The molecule has 0 bridgehead atoms. The van der Waals surface area contributed by atoms with Crippen molar-refractivity contribution in [2.75, 3.05) is 5.73 Å². The maximum atomic E-state index is 12.3. The molecule has 0 saturated carbocycles. The van der Waals surface area contributed by atoms with Crippen molar-refractivity contribution < 1.29 is 4.21 Å². The van der Waals surface area contributed by atoms with Gasteiger partial charge in [-0.05, 0) is 25.0 Å². The second-order valence-electron chi connectivity index (χ2n) is 4.66. The fourth-order valence-corrected chi connectivity index (χ4v) is 3.24. The highest BCUT2D eigenvalue weighted by molar-refractivity contribution is 7.84. The van der Waals surface area contributed by atoms with Crippen molar-refractivity contribution >= 4 is 16.5 Å². The van der Waals surface area contributed by atoms with E-state index in [1.165, 1.54) is 6.20 Å². The van der Waals surface area contributed by atoms with Crippen molar-refractivity contribution in [1.82, 2.24) is 14.8 Å². The van der Waals surface area contributed by atoms with Crippen molar-refractivity contribution in [2.24, 2.45) is 0 Å². The van der Waals surface area contributed by atoms with Gasteiger partial charge in [0.15, 0.2) is 0 Å². The molecule has 2 heterocycles. The number of nitrogen functional groups attached to an aromatic ring is 1. The van der Waals surface area contributed by atoms with Crippen LogP contribution in [0.1, 0.15) is 38.4 Å². The third-order valence-electron chi connectivity index (χ3n) is 3.31. The first-order chi connectivity index (χ1) is 9.65. The average Bonchev–Trinajstić information content (AvgIpc) is 2.89. The molecule has 0 aromatic carbocycles. The van der Waals surface area contributed by atoms with Crippen LogP contribution in [-0.4, -0.2) is 19.0 Å². The predicted molar refractivity (Wildman–Crippen MR) is 80.6 cm³/mol. The third kappa shape index (κ3) is 3.25. The Hall–Kier alpha value is -1.69. The van der Waals surface area contributed by atoms with Crippen molar-refractivity contribution in [3.05, 3.63) is 36.4 Å². The Labute approximate surface area is 121 Å². The van der Waals surface area contributed by atoms with Crippen LogP contribution in [0, 0.1) is 0 Å². The largest absolute Gasteiger partial charge is 0.396 e. The number of anilines is 1. The highest BCUT2D eigenvalue weighted by atomic mass is 32.2. The molecule has 0 aliphatic heterocycles. The molecule has 0 saturated heterocycles. The van der Waals surface area contributed by atoms with E-state index in [2.05, 4.69) is 23.9 Å². The minimum absolute atomic E-state index is 0.376. The van der Waals surface area contributed by atoms with Gasteiger partial charge in [0.1, 0.15) is 0 Å². The van der Waals surface area contributed by atoms with Gasteiger partial charge in [-0.3, -0.25) is 13.9 Å². The monoisotopic (exact) mass is 292 g/mol. The van der Waals surface area contributed by atoms with Gasteiger partial charge in [-0.2, -0.15) is 5.10 Å². The van der Waals surface area contributed by atoms with Gasteiger partial charge in [0, 0.05) is 12.4 Å². The molecule has 0 aliphatic rings. The molecular weight excluding hydrogens is 272 g/mol. The van der Waals surface area contributed by atoms with E-state index >= 15 is 0 Å². The maximum absolute atomic E-state index is 12.3. The van der Waals surface area contributed by atoms with Gasteiger partial charge in [0.05, 0.1) is 45.1 Å². The van der Waals surface area contributed by atoms with E-state index in [9.17, 15) is 4.21 Å². The zero-order valence-electron chi connectivity index (χ0n) is 11.8. The normalized spacial score (nSPS) is 12.8. The number of aromatic nitrogens is 3. The van der Waals surface area contributed by atoms with Crippen LogP contribution >= 0.6 is 0 Å². The first kappa shape index (κ1) is 14.7. The van der Waals surface area contributed by atoms with Crippen LogP contribution in [0.2, 0.25) is 0 Å². The van der Waals surface area contributed by atoms with Crippen molar-refractivity contribution in [3.8, 4) is 0 Å². The lowest BCUT2D eigenvalue weighted by Gasteiger charge is -2.12. The lowest BCUT2D eigenvalue weighted by molar-refractivity contribution is 0.426. The topological polar surface area (TPSA) is 73.8 Å². The summed E-state index contributed by atoms with van der Waals surface area (Å²) in [7, 11) is -1.19. The molecule has 0 spiro atoms. The molecule has 1 unspecified atom stereocenters. The molecule has 20 heavy (non-hydrogen) atoms. The molecule has 2 aromatic rings. The highest BCUT2D eigenvalue weighted by Gasteiger charge is 2.12. The van der Waals surface area contributed by atoms with Crippen LogP contribution in [0.3, 0.4) is 0 Å². The Morgan fingerprint density at radius 1 is 1.35 bits per heavy atom. The van der Waals surface area contributed by atoms with E-state index in [-0.39, 0.29) is 0 Å². The standard InChI is InChI=1S/C14H20N4OS/c1-3-12(4-2)18-8-6-11(17-18)10-20(19)14-5-7-16-9-13(14)15/h5-9,12H,3-4,10,15H2,1-2H3. The molecule has 2 N–H and O–H groups in total. The Morgan fingerprint density at radius 2 is 2.10 bits per heavy atom. The van der Waals surface area contributed by atoms with E-state index in [4.69, 9.17) is 5.73 Å². The molecule has 108 valence electrons. The summed E-state index contributed by atoms with van der Waals surface area (Å²) in [5.74, 6) is 0.376. The number of pyridine rings is 1.